The highest BCUT2D eigenvalue weighted by atomic mass is 35.5. The normalized spacial score (nSPS) is 12.0. The Labute approximate surface area is 211 Å². The van der Waals surface area contributed by atoms with Crippen molar-refractivity contribution in [2.75, 3.05) is 26.2 Å². The van der Waals surface area contributed by atoms with Crippen molar-refractivity contribution in [1.82, 2.24) is 4.90 Å². The van der Waals surface area contributed by atoms with E-state index in [1.165, 1.54) is 32.2 Å². The average molecular weight is 476 g/mol. The molecule has 0 fully saturated rings. The standard InChI is InChI=1S/C31H38ClNO/c1-3-33(4-2)24-14-6-5-7-15-25-34-29-22-20-27(21-23-29)30(26-16-10-8-11-17-26)31(32)28-18-12-9-13-19-28/h8-13,16-23H,3-7,14-15,24-25H2,1-2H3/b31-30-. The van der Waals surface area contributed by atoms with E-state index in [1.807, 2.05) is 48.5 Å². The highest BCUT2D eigenvalue weighted by molar-refractivity contribution is 6.53. The number of hydrogen-bond acceptors (Lipinski definition) is 2. The van der Waals surface area contributed by atoms with E-state index in [0.29, 0.717) is 0 Å². The number of rotatable bonds is 14. The quantitative estimate of drug-likeness (QED) is 0.171. The SMILES string of the molecule is CCN(CC)CCCCCCCOc1ccc(/C(=C(\Cl)c2ccccc2)c2ccccc2)cc1. The molecule has 0 aliphatic rings. The van der Waals surface area contributed by atoms with Gasteiger partial charge in [0.05, 0.1) is 11.6 Å². The minimum atomic E-state index is 0.751. The van der Waals surface area contributed by atoms with Gasteiger partial charge in [0.25, 0.3) is 0 Å². The van der Waals surface area contributed by atoms with Crippen LogP contribution in [0, 0.1) is 0 Å². The average Bonchev–Trinajstić information content (AvgIpc) is 2.90. The van der Waals surface area contributed by atoms with Crippen LogP contribution in [0.1, 0.15) is 62.6 Å². The van der Waals surface area contributed by atoms with Gasteiger partial charge in [0.15, 0.2) is 0 Å². The lowest BCUT2D eigenvalue weighted by molar-refractivity contribution is 0.289. The van der Waals surface area contributed by atoms with Gasteiger partial charge in [-0.2, -0.15) is 0 Å². The molecule has 0 bridgehead atoms. The van der Waals surface area contributed by atoms with Gasteiger partial charge in [0.1, 0.15) is 5.75 Å². The van der Waals surface area contributed by atoms with Gasteiger partial charge in [-0.05, 0) is 61.3 Å². The van der Waals surface area contributed by atoms with E-state index in [4.69, 9.17) is 16.3 Å². The summed E-state index contributed by atoms with van der Waals surface area (Å²) in [4.78, 5) is 2.50. The third-order valence-corrected chi connectivity index (χ3v) is 6.64. The molecule has 0 aliphatic carbocycles. The lowest BCUT2D eigenvalue weighted by atomic mass is 9.95. The maximum Gasteiger partial charge on any atom is 0.119 e. The summed E-state index contributed by atoms with van der Waals surface area (Å²) in [5, 5.41) is 0.751. The van der Waals surface area contributed by atoms with E-state index in [0.717, 1.165) is 59.2 Å². The first-order valence-corrected chi connectivity index (χ1v) is 13.1. The van der Waals surface area contributed by atoms with Crippen molar-refractivity contribution in [3.05, 3.63) is 102 Å². The number of ether oxygens (including phenoxy) is 1. The Hall–Kier alpha value is -2.55. The predicted molar refractivity (Wildman–Crippen MR) is 147 cm³/mol. The van der Waals surface area contributed by atoms with Crippen LogP contribution >= 0.6 is 11.6 Å². The summed E-state index contributed by atoms with van der Waals surface area (Å²) in [7, 11) is 0. The number of benzene rings is 3. The van der Waals surface area contributed by atoms with Gasteiger partial charge in [-0.3, -0.25) is 0 Å². The monoisotopic (exact) mass is 475 g/mol. The van der Waals surface area contributed by atoms with Crippen molar-refractivity contribution in [1.29, 1.82) is 0 Å². The summed E-state index contributed by atoms with van der Waals surface area (Å²) in [6.45, 7) is 8.79. The highest BCUT2D eigenvalue weighted by Gasteiger charge is 2.12. The maximum atomic E-state index is 6.92. The third kappa shape index (κ3) is 8.04. The molecule has 0 atom stereocenters. The topological polar surface area (TPSA) is 12.5 Å². The van der Waals surface area contributed by atoms with Gasteiger partial charge in [-0.15, -0.1) is 0 Å². The Morgan fingerprint density at radius 3 is 1.79 bits per heavy atom. The molecule has 34 heavy (non-hydrogen) atoms. The number of hydrogen-bond donors (Lipinski definition) is 0. The first kappa shape index (κ1) is 26.1. The van der Waals surface area contributed by atoms with Crippen molar-refractivity contribution in [3.63, 3.8) is 0 Å². The smallest absolute Gasteiger partial charge is 0.119 e. The molecule has 0 N–H and O–H groups in total. The number of unbranched alkanes of at least 4 members (excludes halogenated alkanes) is 4. The van der Waals surface area contributed by atoms with Gasteiger partial charge >= 0.3 is 0 Å². The van der Waals surface area contributed by atoms with Crippen molar-refractivity contribution in [2.24, 2.45) is 0 Å². The molecule has 0 aliphatic heterocycles. The maximum absolute atomic E-state index is 6.92. The zero-order valence-corrected chi connectivity index (χ0v) is 21.4. The van der Waals surface area contributed by atoms with Crippen LogP contribution in [-0.4, -0.2) is 31.1 Å². The molecule has 0 heterocycles. The lowest BCUT2D eigenvalue weighted by Crippen LogP contribution is -2.23. The fraction of sp³-hybridized carbons (Fsp3) is 0.355. The van der Waals surface area contributed by atoms with Gasteiger partial charge in [-0.1, -0.05) is 118 Å². The van der Waals surface area contributed by atoms with E-state index in [1.54, 1.807) is 0 Å². The fourth-order valence-corrected chi connectivity index (χ4v) is 4.51. The first-order valence-electron chi connectivity index (χ1n) is 12.7. The molecule has 3 heteroatoms. The zero-order chi connectivity index (χ0) is 24.0. The number of halogens is 1. The van der Waals surface area contributed by atoms with Crippen LogP contribution in [0.2, 0.25) is 0 Å². The van der Waals surface area contributed by atoms with Gasteiger partial charge in [0.2, 0.25) is 0 Å². The van der Waals surface area contributed by atoms with Crippen molar-refractivity contribution in [2.45, 2.75) is 46.0 Å². The Balaban J connectivity index is 1.55. The Morgan fingerprint density at radius 2 is 1.18 bits per heavy atom. The molecule has 0 saturated heterocycles. The molecule has 0 spiro atoms. The zero-order valence-electron chi connectivity index (χ0n) is 20.7. The third-order valence-electron chi connectivity index (χ3n) is 6.23. The summed E-state index contributed by atoms with van der Waals surface area (Å²) in [5.74, 6) is 0.911. The highest BCUT2D eigenvalue weighted by Crippen LogP contribution is 2.35. The van der Waals surface area contributed by atoms with E-state index in [2.05, 4.69) is 55.1 Å². The Bertz CT molecular complexity index is 979. The van der Waals surface area contributed by atoms with Crippen molar-refractivity contribution >= 4 is 22.2 Å². The largest absolute Gasteiger partial charge is 0.494 e. The lowest BCUT2D eigenvalue weighted by Gasteiger charge is -2.17. The molecule has 3 aromatic carbocycles. The molecule has 180 valence electrons. The minimum Gasteiger partial charge on any atom is -0.494 e. The molecule has 0 aromatic heterocycles. The van der Waals surface area contributed by atoms with Gasteiger partial charge < -0.3 is 9.64 Å². The second-order valence-electron chi connectivity index (χ2n) is 8.59. The van der Waals surface area contributed by atoms with Crippen LogP contribution in [0.25, 0.3) is 10.6 Å². The second kappa shape index (κ2) is 14.7. The number of nitrogens with zero attached hydrogens (tertiary/aromatic N) is 1. The van der Waals surface area contributed by atoms with Crippen molar-refractivity contribution in [3.8, 4) is 5.75 Å². The summed E-state index contributed by atoms with van der Waals surface area (Å²) in [5.41, 5.74) is 4.23. The van der Waals surface area contributed by atoms with Gasteiger partial charge in [0, 0.05) is 5.57 Å². The van der Waals surface area contributed by atoms with Crippen LogP contribution in [0.3, 0.4) is 0 Å². The Morgan fingerprint density at radius 1 is 0.647 bits per heavy atom. The second-order valence-corrected chi connectivity index (χ2v) is 8.97. The molecule has 3 rings (SSSR count). The summed E-state index contributed by atoms with van der Waals surface area (Å²) < 4.78 is 6.01. The summed E-state index contributed by atoms with van der Waals surface area (Å²) in [6, 6.07) is 28.8. The summed E-state index contributed by atoms with van der Waals surface area (Å²) >= 11 is 6.92. The van der Waals surface area contributed by atoms with Crippen molar-refractivity contribution < 1.29 is 4.74 Å². The molecular formula is C31H38ClNO. The van der Waals surface area contributed by atoms with Gasteiger partial charge in [-0.25, -0.2) is 0 Å². The van der Waals surface area contributed by atoms with Crippen LogP contribution in [0.15, 0.2) is 84.9 Å². The molecule has 3 aromatic rings. The molecule has 2 nitrogen and oxygen atoms in total. The van der Waals surface area contributed by atoms with E-state index < -0.39 is 0 Å². The molecular weight excluding hydrogens is 438 g/mol. The van der Waals surface area contributed by atoms with Crippen LogP contribution in [0.4, 0.5) is 0 Å². The molecule has 0 amide bonds. The first-order chi connectivity index (χ1) is 16.7. The van der Waals surface area contributed by atoms with Crippen LogP contribution < -0.4 is 4.74 Å². The molecule has 0 saturated carbocycles. The summed E-state index contributed by atoms with van der Waals surface area (Å²) in [6.07, 6.45) is 6.22. The van der Waals surface area contributed by atoms with E-state index in [9.17, 15) is 0 Å². The van der Waals surface area contributed by atoms with E-state index >= 15 is 0 Å². The Kier molecular flexibility index (Phi) is 11.2. The molecule has 0 radical (unpaired) electrons. The fourth-order valence-electron chi connectivity index (χ4n) is 4.17. The van der Waals surface area contributed by atoms with Crippen LogP contribution in [0.5, 0.6) is 5.75 Å². The molecule has 0 unspecified atom stereocenters. The predicted octanol–water partition coefficient (Wildman–Crippen LogP) is 8.51. The van der Waals surface area contributed by atoms with E-state index in [-0.39, 0.29) is 0 Å². The van der Waals surface area contributed by atoms with Crippen LogP contribution in [-0.2, 0) is 0 Å². The minimum absolute atomic E-state index is 0.751.